The minimum Gasteiger partial charge on any atom is -0.375 e. The molecule has 132 valence electrons. The highest BCUT2D eigenvalue weighted by Gasteiger charge is 2.31. The monoisotopic (exact) mass is 339 g/mol. The van der Waals surface area contributed by atoms with E-state index >= 15 is 0 Å². The Labute approximate surface area is 148 Å². The first-order valence-electron chi connectivity index (χ1n) is 9.06. The molecule has 2 atom stereocenters. The maximum Gasteiger partial charge on any atom is 0.236 e. The summed E-state index contributed by atoms with van der Waals surface area (Å²) < 4.78 is 7.86. The summed E-state index contributed by atoms with van der Waals surface area (Å²) in [6, 6.07) is 14.9. The van der Waals surface area contributed by atoms with E-state index in [0.717, 1.165) is 13.1 Å². The highest BCUT2D eigenvalue weighted by molar-refractivity contribution is 5.78. The summed E-state index contributed by atoms with van der Waals surface area (Å²) in [4.78, 5) is 17.1. The van der Waals surface area contributed by atoms with E-state index in [2.05, 4.69) is 52.1 Å². The second kappa shape index (κ2) is 7.02. The summed E-state index contributed by atoms with van der Waals surface area (Å²) in [5, 5.41) is 0. The first-order chi connectivity index (χ1) is 12.2. The van der Waals surface area contributed by atoms with Gasteiger partial charge in [0.25, 0.3) is 0 Å². The van der Waals surface area contributed by atoms with Gasteiger partial charge in [-0.2, -0.15) is 0 Å². The van der Waals surface area contributed by atoms with E-state index in [4.69, 9.17) is 4.74 Å². The molecular formula is C20H25N3O2. The summed E-state index contributed by atoms with van der Waals surface area (Å²) >= 11 is 0. The van der Waals surface area contributed by atoms with E-state index in [1.165, 1.54) is 11.3 Å². The van der Waals surface area contributed by atoms with Gasteiger partial charge in [0.1, 0.15) is 0 Å². The third kappa shape index (κ3) is 3.34. The number of fused-ring (bicyclic) bond motifs is 1. The molecule has 5 heteroatoms. The van der Waals surface area contributed by atoms with Crippen LogP contribution < -0.4 is 0 Å². The molecule has 1 fully saturated rings. The molecule has 0 radical (unpaired) electrons. The Morgan fingerprint density at radius 1 is 1.12 bits per heavy atom. The smallest absolute Gasteiger partial charge is 0.236 e. The van der Waals surface area contributed by atoms with Crippen molar-refractivity contribution < 1.29 is 9.53 Å². The van der Waals surface area contributed by atoms with E-state index in [1.807, 2.05) is 17.9 Å². The van der Waals surface area contributed by atoms with E-state index in [1.54, 1.807) is 0 Å². The van der Waals surface area contributed by atoms with Crippen LogP contribution in [0.25, 0.3) is 0 Å². The molecule has 1 amide bonds. The summed E-state index contributed by atoms with van der Waals surface area (Å²) in [7, 11) is 0. The highest BCUT2D eigenvalue weighted by atomic mass is 16.5. The highest BCUT2D eigenvalue weighted by Crippen LogP contribution is 2.32. The van der Waals surface area contributed by atoms with E-state index in [9.17, 15) is 4.79 Å². The number of aromatic nitrogens is 1. The van der Waals surface area contributed by atoms with E-state index < -0.39 is 0 Å². The fourth-order valence-electron chi connectivity index (χ4n) is 3.94. The van der Waals surface area contributed by atoms with Gasteiger partial charge in [-0.25, -0.2) is 0 Å². The van der Waals surface area contributed by atoms with Crippen LogP contribution in [0, 0.1) is 0 Å². The van der Waals surface area contributed by atoms with Crippen molar-refractivity contribution in [2.45, 2.75) is 25.6 Å². The number of hydrogen-bond acceptors (Lipinski definition) is 3. The summed E-state index contributed by atoms with van der Waals surface area (Å²) in [6.45, 7) is 6.32. The molecule has 25 heavy (non-hydrogen) atoms. The molecule has 5 nitrogen and oxygen atoms in total. The predicted octanol–water partition coefficient (Wildman–Crippen LogP) is 2.14. The zero-order valence-corrected chi connectivity index (χ0v) is 14.7. The van der Waals surface area contributed by atoms with Crippen LogP contribution in [0.3, 0.4) is 0 Å². The minimum atomic E-state index is 0.126. The molecular weight excluding hydrogens is 314 g/mol. The maximum absolute atomic E-state index is 12.9. The Morgan fingerprint density at radius 2 is 1.96 bits per heavy atom. The summed E-state index contributed by atoms with van der Waals surface area (Å²) in [5.41, 5.74) is 2.51. The lowest BCUT2D eigenvalue weighted by Crippen LogP contribution is -2.50. The number of ether oxygens (including phenoxy) is 1. The fourth-order valence-corrected chi connectivity index (χ4v) is 3.94. The van der Waals surface area contributed by atoms with Crippen LogP contribution in [-0.2, 0) is 16.1 Å². The number of carbonyl (C=O) groups is 1. The third-order valence-corrected chi connectivity index (χ3v) is 5.19. The van der Waals surface area contributed by atoms with E-state index in [-0.39, 0.29) is 18.1 Å². The predicted molar refractivity (Wildman–Crippen MR) is 96.3 cm³/mol. The van der Waals surface area contributed by atoms with Gasteiger partial charge >= 0.3 is 0 Å². The van der Waals surface area contributed by atoms with Crippen LogP contribution in [0.2, 0.25) is 0 Å². The van der Waals surface area contributed by atoms with Gasteiger partial charge < -0.3 is 14.2 Å². The van der Waals surface area contributed by atoms with Crippen LogP contribution in [0.5, 0.6) is 0 Å². The Kier molecular flexibility index (Phi) is 4.59. The van der Waals surface area contributed by atoms with Crippen molar-refractivity contribution in [1.29, 1.82) is 0 Å². The molecule has 0 bridgehead atoms. The lowest BCUT2D eigenvalue weighted by atomic mass is 10.00. The summed E-state index contributed by atoms with van der Waals surface area (Å²) in [6.07, 6.45) is 2.26. The SMILES string of the molecule is C[C@H]1CN(C(=O)CN2CCn3cccc3[C@@H]2c2ccccc2)CCO1. The van der Waals surface area contributed by atoms with Crippen molar-refractivity contribution in [3.63, 3.8) is 0 Å². The van der Waals surface area contributed by atoms with Crippen LogP contribution in [0.4, 0.5) is 0 Å². The molecule has 0 N–H and O–H groups in total. The van der Waals surface area contributed by atoms with Gasteiger partial charge in [0.15, 0.2) is 0 Å². The number of carbonyl (C=O) groups excluding carboxylic acids is 1. The molecule has 1 aromatic heterocycles. The van der Waals surface area contributed by atoms with Crippen LogP contribution in [0.15, 0.2) is 48.7 Å². The van der Waals surface area contributed by atoms with Gasteiger partial charge in [-0.3, -0.25) is 9.69 Å². The topological polar surface area (TPSA) is 37.7 Å². The second-order valence-corrected chi connectivity index (χ2v) is 6.93. The van der Waals surface area contributed by atoms with Gasteiger partial charge in [0, 0.05) is 38.1 Å². The fraction of sp³-hybridized carbons (Fsp3) is 0.450. The zero-order chi connectivity index (χ0) is 17.2. The molecule has 4 rings (SSSR count). The van der Waals surface area contributed by atoms with Gasteiger partial charge in [-0.1, -0.05) is 30.3 Å². The molecule has 3 heterocycles. The Morgan fingerprint density at radius 3 is 2.76 bits per heavy atom. The van der Waals surface area contributed by atoms with E-state index in [0.29, 0.717) is 26.2 Å². The van der Waals surface area contributed by atoms with Gasteiger partial charge in [-0.15, -0.1) is 0 Å². The molecule has 0 aliphatic carbocycles. The molecule has 2 aliphatic heterocycles. The zero-order valence-electron chi connectivity index (χ0n) is 14.7. The number of rotatable bonds is 3. The number of nitrogens with zero attached hydrogens (tertiary/aromatic N) is 3. The molecule has 0 saturated carbocycles. The minimum absolute atomic E-state index is 0.126. The van der Waals surface area contributed by atoms with Crippen molar-refractivity contribution in [2.75, 3.05) is 32.8 Å². The number of amides is 1. The lowest BCUT2D eigenvalue weighted by molar-refractivity contribution is -0.140. The quantitative estimate of drug-likeness (QED) is 0.860. The van der Waals surface area contributed by atoms with Crippen molar-refractivity contribution in [3.8, 4) is 0 Å². The van der Waals surface area contributed by atoms with Crippen LogP contribution in [0.1, 0.15) is 24.2 Å². The largest absolute Gasteiger partial charge is 0.375 e. The molecule has 1 saturated heterocycles. The van der Waals surface area contributed by atoms with Crippen LogP contribution in [-0.4, -0.2) is 59.2 Å². The maximum atomic E-state index is 12.9. The first kappa shape index (κ1) is 16.4. The Bertz CT molecular complexity index is 728. The Balaban J connectivity index is 1.56. The molecule has 2 aliphatic rings. The van der Waals surface area contributed by atoms with Crippen molar-refractivity contribution >= 4 is 5.91 Å². The molecule has 0 unspecified atom stereocenters. The standard InChI is InChI=1S/C20H25N3O2/c1-16-14-22(12-13-25-16)19(24)15-23-11-10-21-9-5-8-18(21)20(23)17-6-3-2-4-7-17/h2-9,16,20H,10-15H2,1H3/t16-,20-/m0/s1. The van der Waals surface area contributed by atoms with Crippen LogP contribution >= 0.6 is 0 Å². The molecule has 1 aromatic carbocycles. The van der Waals surface area contributed by atoms with Crippen molar-refractivity contribution in [3.05, 3.63) is 59.9 Å². The number of morpholine rings is 1. The lowest BCUT2D eigenvalue weighted by Gasteiger charge is -2.39. The average Bonchev–Trinajstić information content (AvgIpc) is 3.11. The van der Waals surface area contributed by atoms with Gasteiger partial charge in [0.2, 0.25) is 5.91 Å². The van der Waals surface area contributed by atoms with Crippen molar-refractivity contribution in [2.24, 2.45) is 0 Å². The first-order valence-corrected chi connectivity index (χ1v) is 9.06. The average molecular weight is 339 g/mol. The molecule has 2 aromatic rings. The van der Waals surface area contributed by atoms with Crippen molar-refractivity contribution in [1.82, 2.24) is 14.4 Å². The van der Waals surface area contributed by atoms with Gasteiger partial charge in [0.05, 0.1) is 25.3 Å². The summed E-state index contributed by atoms with van der Waals surface area (Å²) in [5.74, 6) is 0.205. The normalized spacial score (nSPS) is 24.1. The third-order valence-electron chi connectivity index (χ3n) is 5.19. The molecule has 0 spiro atoms. The Hall–Kier alpha value is -2.11. The van der Waals surface area contributed by atoms with Gasteiger partial charge in [-0.05, 0) is 24.6 Å². The number of hydrogen-bond donors (Lipinski definition) is 0. The number of benzene rings is 1. The second-order valence-electron chi connectivity index (χ2n) is 6.93.